The van der Waals surface area contributed by atoms with E-state index in [1.165, 1.54) is 12.2 Å². The quantitative estimate of drug-likeness (QED) is 0.0671. The van der Waals surface area contributed by atoms with Crippen LogP contribution in [-0.4, -0.2) is 39.4 Å². The second kappa shape index (κ2) is 16.4. The summed E-state index contributed by atoms with van der Waals surface area (Å²) in [6, 6.07) is 33.6. The molecular weight excluding hydrogens is 656 g/mol. The molecule has 6 aromatic rings. The number of hydrogen-bond donors (Lipinski definition) is 0. The summed E-state index contributed by atoms with van der Waals surface area (Å²) in [7, 11) is 3.16. The summed E-state index contributed by atoms with van der Waals surface area (Å²) in [5.74, 6) is 2.68. The molecule has 262 valence electrons. The Bertz CT molecular complexity index is 2110. The van der Waals surface area contributed by atoms with E-state index in [-0.39, 0.29) is 0 Å². The summed E-state index contributed by atoms with van der Waals surface area (Å²) < 4.78 is 33.6. The normalized spacial score (nSPS) is 11.2. The van der Waals surface area contributed by atoms with Crippen LogP contribution in [0.4, 0.5) is 0 Å². The van der Waals surface area contributed by atoms with Gasteiger partial charge in [0, 0.05) is 23.3 Å². The standard InChI is InChI=1S/C44H38O8/c1-5-49-39-23-11-31-27-29(9-25-41(45)51-35-17-13-33(47-3)14-18-35)7-21-37(31)43(39)44-38-22-8-30(28-32(38)12-24-40(44)50-6-2)10-26-42(46)52-36-19-15-34(48-4)16-20-36/h7-28H,5-6H2,1-4H3/b25-9-,26-10-. The van der Waals surface area contributed by atoms with Crippen molar-refractivity contribution in [1.82, 2.24) is 0 Å². The van der Waals surface area contributed by atoms with Crippen molar-refractivity contribution in [3.63, 3.8) is 0 Å². The monoisotopic (exact) mass is 694 g/mol. The number of esters is 2. The Morgan fingerprint density at radius 2 is 0.885 bits per heavy atom. The van der Waals surface area contributed by atoms with Crippen molar-refractivity contribution in [3.05, 3.63) is 132 Å². The molecule has 6 aromatic carbocycles. The average molecular weight is 695 g/mol. The number of rotatable bonds is 13. The zero-order valence-corrected chi connectivity index (χ0v) is 29.4. The first-order valence-electron chi connectivity index (χ1n) is 16.9. The minimum Gasteiger partial charge on any atom is -0.497 e. The van der Waals surface area contributed by atoms with Gasteiger partial charge in [-0.2, -0.15) is 0 Å². The summed E-state index contributed by atoms with van der Waals surface area (Å²) in [5, 5.41) is 3.84. The third kappa shape index (κ3) is 8.25. The van der Waals surface area contributed by atoms with Crippen molar-refractivity contribution < 1.29 is 38.0 Å². The molecule has 0 aliphatic heterocycles. The van der Waals surface area contributed by atoms with Crippen LogP contribution < -0.4 is 28.4 Å². The van der Waals surface area contributed by atoms with Gasteiger partial charge in [-0.05, 0) is 131 Å². The summed E-state index contributed by atoms with van der Waals surface area (Å²) in [5.41, 5.74) is 3.46. The molecule has 0 aliphatic rings. The zero-order chi connectivity index (χ0) is 36.5. The highest BCUT2D eigenvalue weighted by Gasteiger charge is 2.19. The summed E-state index contributed by atoms with van der Waals surface area (Å²) in [6.07, 6.45) is 6.27. The van der Waals surface area contributed by atoms with E-state index in [2.05, 4.69) is 0 Å². The van der Waals surface area contributed by atoms with Gasteiger partial charge in [-0.15, -0.1) is 0 Å². The van der Waals surface area contributed by atoms with Crippen molar-refractivity contribution in [2.24, 2.45) is 0 Å². The Hall–Kier alpha value is -6.54. The number of methoxy groups -OCH3 is 2. The minimum absolute atomic E-state index is 0.428. The van der Waals surface area contributed by atoms with Gasteiger partial charge in [0.2, 0.25) is 0 Å². The number of benzene rings is 6. The first-order valence-corrected chi connectivity index (χ1v) is 16.9. The van der Waals surface area contributed by atoms with Gasteiger partial charge in [0.1, 0.15) is 34.5 Å². The Kier molecular flexibility index (Phi) is 11.2. The highest BCUT2D eigenvalue weighted by molar-refractivity contribution is 6.10. The highest BCUT2D eigenvalue weighted by Crippen LogP contribution is 2.46. The van der Waals surface area contributed by atoms with Gasteiger partial charge in [-0.3, -0.25) is 0 Å². The SMILES string of the molecule is CCOc1ccc2cc(/C=C\C(=O)Oc3ccc(OC)cc3)ccc2c1-c1c(OCC)ccc2cc(/C=C\C(=O)Oc3ccc(OC)cc3)ccc12. The summed E-state index contributed by atoms with van der Waals surface area (Å²) in [4.78, 5) is 25.1. The van der Waals surface area contributed by atoms with Crippen LogP contribution in [0.3, 0.4) is 0 Å². The van der Waals surface area contributed by atoms with E-state index < -0.39 is 11.9 Å². The molecule has 8 heteroatoms. The van der Waals surface area contributed by atoms with Crippen LogP contribution in [-0.2, 0) is 9.59 Å². The van der Waals surface area contributed by atoms with Crippen molar-refractivity contribution in [3.8, 4) is 45.6 Å². The molecule has 0 aromatic heterocycles. The lowest BCUT2D eigenvalue weighted by Crippen LogP contribution is -2.03. The van der Waals surface area contributed by atoms with Crippen LogP contribution in [0.1, 0.15) is 25.0 Å². The Labute approximate surface area is 302 Å². The van der Waals surface area contributed by atoms with Crippen LogP contribution in [0, 0.1) is 0 Å². The Morgan fingerprint density at radius 1 is 0.500 bits per heavy atom. The van der Waals surface area contributed by atoms with E-state index in [1.54, 1.807) is 74.9 Å². The van der Waals surface area contributed by atoms with Gasteiger partial charge in [0.25, 0.3) is 0 Å². The molecule has 0 radical (unpaired) electrons. The van der Waals surface area contributed by atoms with Crippen LogP contribution in [0.25, 0.3) is 44.8 Å². The fourth-order valence-electron chi connectivity index (χ4n) is 5.85. The van der Waals surface area contributed by atoms with Gasteiger partial charge >= 0.3 is 11.9 Å². The lowest BCUT2D eigenvalue weighted by molar-refractivity contribution is -0.129. The van der Waals surface area contributed by atoms with Crippen molar-refractivity contribution in [1.29, 1.82) is 0 Å². The van der Waals surface area contributed by atoms with Crippen LogP contribution in [0.5, 0.6) is 34.5 Å². The maximum Gasteiger partial charge on any atom is 0.336 e. The molecule has 52 heavy (non-hydrogen) atoms. The fraction of sp³-hybridized carbons (Fsp3) is 0.136. The maximum atomic E-state index is 12.6. The molecule has 6 rings (SSSR count). The molecule has 0 saturated carbocycles. The summed E-state index contributed by atoms with van der Waals surface area (Å²) in [6.45, 7) is 4.87. The molecule has 0 aliphatic carbocycles. The smallest absolute Gasteiger partial charge is 0.336 e. The molecule has 0 saturated heterocycles. The number of carbonyl (C=O) groups excluding carboxylic acids is 2. The molecule has 8 nitrogen and oxygen atoms in total. The predicted octanol–water partition coefficient (Wildman–Crippen LogP) is 9.71. The van der Waals surface area contributed by atoms with Gasteiger partial charge < -0.3 is 28.4 Å². The van der Waals surface area contributed by atoms with E-state index in [1.807, 2.05) is 74.5 Å². The molecule has 0 amide bonds. The molecule has 0 N–H and O–H groups in total. The van der Waals surface area contributed by atoms with Gasteiger partial charge in [-0.1, -0.05) is 36.4 Å². The first kappa shape index (κ1) is 35.3. The summed E-state index contributed by atoms with van der Waals surface area (Å²) >= 11 is 0. The largest absolute Gasteiger partial charge is 0.497 e. The molecule has 0 heterocycles. The Morgan fingerprint density at radius 3 is 1.25 bits per heavy atom. The fourth-order valence-corrected chi connectivity index (χ4v) is 5.85. The van der Waals surface area contributed by atoms with Crippen molar-refractivity contribution in [2.45, 2.75) is 13.8 Å². The molecule has 0 unspecified atom stereocenters. The number of carbonyl (C=O) groups is 2. The van der Waals surface area contributed by atoms with E-state index in [9.17, 15) is 9.59 Å². The van der Waals surface area contributed by atoms with Crippen LogP contribution in [0.15, 0.2) is 121 Å². The predicted molar refractivity (Wildman–Crippen MR) is 205 cm³/mol. The van der Waals surface area contributed by atoms with E-state index in [0.717, 1.165) is 55.3 Å². The molecule has 0 bridgehead atoms. The van der Waals surface area contributed by atoms with E-state index in [4.69, 9.17) is 28.4 Å². The van der Waals surface area contributed by atoms with Crippen LogP contribution in [0.2, 0.25) is 0 Å². The van der Waals surface area contributed by atoms with Crippen LogP contribution >= 0.6 is 0 Å². The second-order valence-corrected chi connectivity index (χ2v) is 11.6. The van der Waals surface area contributed by atoms with Gasteiger partial charge in [-0.25, -0.2) is 9.59 Å². The van der Waals surface area contributed by atoms with Gasteiger partial charge in [0.05, 0.1) is 27.4 Å². The number of hydrogen-bond acceptors (Lipinski definition) is 8. The Balaban J connectivity index is 1.32. The number of ether oxygens (including phenoxy) is 6. The van der Waals surface area contributed by atoms with Gasteiger partial charge in [0.15, 0.2) is 0 Å². The maximum absolute atomic E-state index is 12.6. The molecular formula is C44H38O8. The third-order valence-electron chi connectivity index (χ3n) is 8.24. The third-order valence-corrected chi connectivity index (χ3v) is 8.24. The average Bonchev–Trinajstić information content (AvgIpc) is 3.17. The number of fused-ring (bicyclic) bond motifs is 2. The molecule has 0 fully saturated rings. The van der Waals surface area contributed by atoms with E-state index >= 15 is 0 Å². The second-order valence-electron chi connectivity index (χ2n) is 11.6. The van der Waals surface area contributed by atoms with Crippen molar-refractivity contribution >= 4 is 45.6 Å². The minimum atomic E-state index is -0.488. The van der Waals surface area contributed by atoms with E-state index in [0.29, 0.717) is 36.2 Å². The highest BCUT2D eigenvalue weighted by atomic mass is 16.5. The topological polar surface area (TPSA) is 89.5 Å². The zero-order valence-electron chi connectivity index (χ0n) is 29.4. The lowest BCUT2D eigenvalue weighted by atomic mass is 9.91. The molecule has 0 spiro atoms. The first-order chi connectivity index (χ1) is 25.4. The molecule has 0 atom stereocenters. The van der Waals surface area contributed by atoms with Crippen molar-refractivity contribution in [2.75, 3.05) is 27.4 Å². The lowest BCUT2D eigenvalue weighted by Gasteiger charge is -2.19.